The molecule has 2 aromatic heterocycles. The van der Waals surface area contributed by atoms with E-state index in [9.17, 15) is 14.4 Å². The summed E-state index contributed by atoms with van der Waals surface area (Å²) in [6.45, 7) is 7.28. The van der Waals surface area contributed by atoms with E-state index in [1.807, 2.05) is 56.3 Å². The van der Waals surface area contributed by atoms with E-state index in [0.29, 0.717) is 49.6 Å². The lowest BCUT2D eigenvalue weighted by Crippen LogP contribution is -2.32. The van der Waals surface area contributed by atoms with Crippen LogP contribution in [0.3, 0.4) is 0 Å². The van der Waals surface area contributed by atoms with Crippen LogP contribution in [0.25, 0.3) is 22.3 Å². The van der Waals surface area contributed by atoms with E-state index >= 15 is 0 Å². The van der Waals surface area contributed by atoms with Crippen LogP contribution in [0.1, 0.15) is 86.6 Å². The molecule has 0 fully saturated rings. The van der Waals surface area contributed by atoms with Crippen molar-refractivity contribution >= 4 is 28.5 Å². The van der Waals surface area contributed by atoms with Crippen LogP contribution in [0.15, 0.2) is 58.4 Å². The first-order valence-electron chi connectivity index (χ1n) is 17.1. The number of nitrogens with one attached hydrogen (secondary N) is 1. The SMILES string of the molecule is CCc1c2c(nc3ccc(OCC(=O)N/N=C(\C)c4ccccc4OCCCCCCN)cc13)-c1cc3c(c(=O)n1C2)COC(=O)C3CC. The Morgan fingerprint density at radius 3 is 2.67 bits per heavy atom. The molecule has 4 aromatic rings. The maximum absolute atomic E-state index is 13.6. The first-order chi connectivity index (χ1) is 23.8. The van der Waals surface area contributed by atoms with Crippen LogP contribution in [-0.2, 0) is 33.9 Å². The van der Waals surface area contributed by atoms with Crippen molar-refractivity contribution in [2.75, 3.05) is 19.8 Å². The molecular weight excluding hydrogens is 622 g/mol. The van der Waals surface area contributed by atoms with Crippen LogP contribution in [0.4, 0.5) is 0 Å². The highest BCUT2D eigenvalue weighted by Crippen LogP contribution is 2.39. The van der Waals surface area contributed by atoms with Crippen molar-refractivity contribution in [2.24, 2.45) is 10.8 Å². The number of ether oxygens (including phenoxy) is 3. The van der Waals surface area contributed by atoms with Crippen LogP contribution < -0.4 is 26.2 Å². The molecule has 0 spiro atoms. The fourth-order valence-electron chi connectivity index (χ4n) is 6.72. The molecule has 2 aliphatic heterocycles. The third-order valence-corrected chi connectivity index (χ3v) is 9.30. The molecule has 11 nitrogen and oxygen atoms in total. The lowest BCUT2D eigenvalue weighted by Gasteiger charge is -2.24. The lowest BCUT2D eigenvalue weighted by atomic mass is 9.90. The van der Waals surface area contributed by atoms with Gasteiger partial charge in [0.15, 0.2) is 6.61 Å². The average molecular weight is 666 g/mol. The summed E-state index contributed by atoms with van der Waals surface area (Å²) in [4.78, 5) is 43.8. The fraction of sp³-hybridized carbons (Fsp3) is 0.395. The number of hydrazone groups is 1. The standard InChI is InChI=1S/C38H43N5O6/c1-4-25-29-18-24(48-22-35(44)42-41-23(3)27-12-8-9-13-34(27)47-17-11-7-6-10-16-39)14-15-32(29)40-36-30(25)20-43-33(36)19-28-26(5-2)38(46)49-21-31(28)37(43)45/h8-9,12-15,18-19,26H,4-7,10-11,16-17,20-22,39H2,1-3H3,(H,42,44)/b41-23+. The van der Waals surface area contributed by atoms with Gasteiger partial charge < -0.3 is 24.5 Å². The Morgan fingerprint density at radius 1 is 1.06 bits per heavy atom. The Morgan fingerprint density at radius 2 is 1.88 bits per heavy atom. The molecular formula is C38H43N5O6. The largest absolute Gasteiger partial charge is 0.493 e. The number of aromatic nitrogens is 2. The van der Waals surface area contributed by atoms with Gasteiger partial charge in [0.05, 0.1) is 47.2 Å². The van der Waals surface area contributed by atoms with E-state index in [-0.39, 0.29) is 24.7 Å². The highest BCUT2D eigenvalue weighted by molar-refractivity contribution is 6.01. The number of cyclic esters (lactones) is 1. The average Bonchev–Trinajstić information content (AvgIpc) is 3.48. The zero-order chi connectivity index (χ0) is 34.5. The van der Waals surface area contributed by atoms with E-state index in [1.54, 1.807) is 10.6 Å². The number of esters is 1. The third kappa shape index (κ3) is 6.94. The predicted molar refractivity (Wildman–Crippen MR) is 188 cm³/mol. The van der Waals surface area contributed by atoms with Crippen molar-refractivity contribution in [3.8, 4) is 22.9 Å². The van der Waals surface area contributed by atoms with Crippen LogP contribution >= 0.6 is 0 Å². The minimum absolute atomic E-state index is 0.00665. The highest BCUT2D eigenvalue weighted by Gasteiger charge is 2.34. The Bertz CT molecular complexity index is 1980. The van der Waals surface area contributed by atoms with Crippen molar-refractivity contribution in [1.82, 2.24) is 15.0 Å². The van der Waals surface area contributed by atoms with Gasteiger partial charge in [0.2, 0.25) is 0 Å². The second-order valence-corrected chi connectivity index (χ2v) is 12.4. The molecule has 0 radical (unpaired) electrons. The number of carbonyl (C=O) groups is 2. The minimum atomic E-state index is -0.458. The summed E-state index contributed by atoms with van der Waals surface area (Å²) in [6, 6.07) is 15.1. The Balaban J connectivity index is 1.15. The number of rotatable bonds is 14. The number of aryl methyl sites for hydroxylation is 1. The zero-order valence-corrected chi connectivity index (χ0v) is 28.3. The molecule has 1 unspecified atom stereocenters. The van der Waals surface area contributed by atoms with Crippen molar-refractivity contribution in [1.29, 1.82) is 0 Å². The molecule has 0 bridgehead atoms. The van der Waals surface area contributed by atoms with Crippen LogP contribution in [0, 0.1) is 0 Å². The monoisotopic (exact) mass is 665 g/mol. The summed E-state index contributed by atoms with van der Waals surface area (Å²) in [5.74, 6) is 0.0949. The molecule has 3 N–H and O–H groups in total. The maximum Gasteiger partial charge on any atom is 0.313 e. The summed E-state index contributed by atoms with van der Waals surface area (Å²) < 4.78 is 19.0. The number of carbonyl (C=O) groups excluding carboxylic acids is 2. The molecule has 0 saturated carbocycles. The second kappa shape index (κ2) is 15.0. The Hall–Kier alpha value is -5.03. The minimum Gasteiger partial charge on any atom is -0.493 e. The molecule has 11 heteroatoms. The molecule has 6 rings (SSSR count). The number of para-hydroxylation sites is 1. The van der Waals surface area contributed by atoms with Crippen molar-refractivity contribution < 1.29 is 23.8 Å². The number of nitrogens with two attached hydrogens (primary N) is 1. The smallest absolute Gasteiger partial charge is 0.313 e. The number of pyridine rings is 2. The quantitative estimate of drug-likeness (QED) is 0.0698. The molecule has 0 saturated heterocycles. The normalized spacial score (nSPS) is 15.0. The Kier molecular flexibility index (Phi) is 10.4. The van der Waals surface area contributed by atoms with Gasteiger partial charge in [-0.15, -0.1) is 0 Å². The lowest BCUT2D eigenvalue weighted by molar-refractivity contribution is -0.148. The number of unbranched alkanes of at least 4 members (excludes halogenated alkanes) is 3. The van der Waals surface area contributed by atoms with E-state index in [1.165, 1.54) is 0 Å². The third-order valence-electron chi connectivity index (χ3n) is 9.30. The van der Waals surface area contributed by atoms with Gasteiger partial charge in [-0.2, -0.15) is 5.10 Å². The van der Waals surface area contributed by atoms with Crippen LogP contribution in [0.5, 0.6) is 11.5 Å². The molecule has 2 aliphatic rings. The topological polar surface area (TPSA) is 147 Å². The van der Waals surface area contributed by atoms with E-state index in [4.69, 9.17) is 24.9 Å². The van der Waals surface area contributed by atoms with Crippen molar-refractivity contribution in [3.63, 3.8) is 0 Å². The number of benzene rings is 2. The highest BCUT2D eigenvalue weighted by atomic mass is 16.5. The van der Waals surface area contributed by atoms with E-state index in [0.717, 1.165) is 76.0 Å². The number of hydrogen-bond donors (Lipinski definition) is 2. The zero-order valence-electron chi connectivity index (χ0n) is 28.3. The summed E-state index contributed by atoms with van der Waals surface area (Å²) in [5, 5.41) is 5.20. The molecule has 0 aliphatic carbocycles. The molecule has 2 aromatic carbocycles. The van der Waals surface area contributed by atoms with Crippen molar-refractivity contribution in [3.05, 3.63) is 86.7 Å². The summed E-state index contributed by atoms with van der Waals surface area (Å²) in [6.07, 6.45) is 5.38. The number of fused-ring (bicyclic) bond motifs is 5. The number of hydrogen-bond acceptors (Lipinski definition) is 9. The van der Waals surface area contributed by atoms with Crippen LogP contribution in [-0.4, -0.2) is 46.9 Å². The van der Waals surface area contributed by atoms with Crippen molar-refractivity contribution in [2.45, 2.75) is 78.4 Å². The fourth-order valence-corrected chi connectivity index (χ4v) is 6.72. The number of amides is 1. The maximum atomic E-state index is 13.6. The van der Waals surface area contributed by atoms with Gasteiger partial charge in [-0.3, -0.25) is 14.4 Å². The van der Waals surface area contributed by atoms with Crippen LogP contribution in [0.2, 0.25) is 0 Å². The van der Waals surface area contributed by atoms with Gasteiger partial charge in [-0.05, 0) is 86.7 Å². The van der Waals surface area contributed by atoms with E-state index < -0.39 is 11.8 Å². The van der Waals surface area contributed by atoms with Gasteiger partial charge in [0, 0.05) is 16.5 Å². The molecule has 256 valence electrons. The number of nitrogens with zero attached hydrogens (tertiary/aromatic N) is 3. The predicted octanol–water partition coefficient (Wildman–Crippen LogP) is 5.36. The summed E-state index contributed by atoms with van der Waals surface area (Å²) >= 11 is 0. The second-order valence-electron chi connectivity index (χ2n) is 12.4. The van der Waals surface area contributed by atoms with Gasteiger partial charge in [-0.25, -0.2) is 10.4 Å². The van der Waals surface area contributed by atoms with Gasteiger partial charge in [-0.1, -0.05) is 38.8 Å². The first-order valence-corrected chi connectivity index (χ1v) is 17.1. The Labute approximate surface area is 285 Å². The van der Waals surface area contributed by atoms with Gasteiger partial charge in [0.25, 0.3) is 11.5 Å². The molecule has 49 heavy (non-hydrogen) atoms. The summed E-state index contributed by atoms with van der Waals surface area (Å²) in [7, 11) is 0. The first kappa shape index (κ1) is 33.9. The van der Waals surface area contributed by atoms with Gasteiger partial charge in [0.1, 0.15) is 18.1 Å². The molecule has 1 atom stereocenters. The summed E-state index contributed by atoms with van der Waals surface area (Å²) in [5.41, 5.74) is 15.0. The van der Waals surface area contributed by atoms with E-state index in [2.05, 4.69) is 17.5 Å². The van der Waals surface area contributed by atoms with Gasteiger partial charge >= 0.3 is 5.97 Å². The molecule has 1 amide bonds. The molecule has 4 heterocycles.